The van der Waals surface area contributed by atoms with Gasteiger partial charge in [-0.2, -0.15) is 0 Å². The van der Waals surface area contributed by atoms with Crippen LogP contribution in [0.25, 0.3) is 11.3 Å². The molecule has 0 unspecified atom stereocenters. The van der Waals surface area contributed by atoms with Gasteiger partial charge < -0.3 is 14.3 Å². The normalized spacial score (nSPS) is 10.3. The van der Waals surface area contributed by atoms with Crippen molar-refractivity contribution in [3.8, 4) is 22.8 Å². The molecule has 0 saturated heterocycles. The molecule has 0 aliphatic carbocycles. The molecule has 0 aliphatic rings. The van der Waals surface area contributed by atoms with E-state index in [1.165, 1.54) is 7.11 Å². The second-order valence-corrected chi connectivity index (χ2v) is 3.81. The van der Waals surface area contributed by atoms with Crippen molar-refractivity contribution in [3.05, 3.63) is 35.0 Å². The summed E-state index contributed by atoms with van der Waals surface area (Å²) < 4.78 is 11.1. The smallest absolute Gasteiger partial charge is 0.168 e. The van der Waals surface area contributed by atoms with Gasteiger partial charge in [0.2, 0.25) is 0 Å². The van der Waals surface area contributed by atoms with Crippen LogP contribution in [0.15, 0.2) is 39.4 Å². The van der Waals surface area contributed by atoms with Crippen molar-refractivity contribution in [1.29, 1.82) is 0 Å². The first-order chi connectivity index (χ1) is 7.24. The third kappa shape index (κ3) is 1.72. The van der Waals surface area contributed by atoms with E-state index in [0.29, 0.717) is 17.1 Å². The molecule has 1 aromatic heterocycles. The number of halogens is 1. The number of furan rings is 1. The maximum atomic E-state index is 9.88. The van der Waals surface area contributed by atoms with Crippen LogP contribution in [0.1, 0.15) is 0 Å². The molecule has 0 spiro atoms. The Bertz CT molecular complexity index is 476. The van der Waals surface area contributed by atoms with Crippen molar-refractivity contribution in [2.45, 2.75) is 0 Å². The number of hydrogen-bond donors (Lipinski definition) is 1. The zero-order chi connectivity index (χ0) is 10.8. The van der Waals surface area contributed by atoms with Gasteiger partial charge in [0.1, 0.15) is 0 Å². The van der Waals surface area contributed by atoms with Gasteiger partial charge in [-0.1, -0.05) is 6.07 Å². The molecule has 3 nitrogen and oxygen atoms in total. The average molecular weight is 269 g/mol. The SMILES string of the molecule is COc1cccc(-c2occc2Br)c1O. The zero-order valence-corrected chi connectivity index (χ0v) is 9.61. The van der Waals surface area contributed by atoms with Crippen LogP contribution in [-0.2, 0) is 0 Å². The number of phenolic OH excluding ortho intramolecular Hbond substituents is 1. The van der Waals surface area contributed by atoms with E-state index < -0.39 is 0 Å². The Morgan fingerprint density at radius 2 is 2.13 bits per heavy atom. The minimum atomic E-state index is 0.0793. The van der Waals surface area contributed by atoms with Gasteiger partial charge in [-0.3, -0.25) is 0 Å². The Kier molecular flexibility index (Phi) is 2.68. The third-order valence-electron chi connectivity index (χ3n) is 2.08. The quantitative estimate of drug-likeness (QED) is 0.908. The summed E-state index contributed by atoms with van der Waals surface area (Å²) >= 11 is 3.34. The third-order valence-corrected chi connectivity index (χ3v) is 2.71. The second-order valence-electron chi connectivity index (χ2n) is 2.95. The Balaban J connectivity index is 2.59. The second kappa shape index (κ2) is 3.98. The van der Waals surface area contributed by atoms with Gasteiger partial charge in [-0.05, 0) is 34.1 Å². The molecule has 1 N–H and O–H groups in total. The lowest BCUT2D eigenvalue weighted by Crippen LogP contribution is -1.85. The molecular formula is C11H9BrO3. The lowest BCUT2D eigenvalue weighted by molar-refractivity contribution is 0.373. The number of ether oxygens (including phenoxy) is 1. The molecule has 1 aromatic carbocycles. The standard InChI is InChI=1S/C11H9BrO3/c1-14-9-4-2-3-7(10(9)13)11-8(12)5-6-15-11/h2-6,13H,1H3. The minimum Gasteiger partial charge on any atom is -0.504 e. The van der Waals surface area contributed by atoms with Crippen molar-refractivity contribution in [1.82, 2.24) is 0 Å². The molecule has 0 fully saturated rings. The summed E-state index contributed by atoms with van der Waals surface area (Å²) in [4.78, 5) is 0. The molecule has 0 amide bonds. The molecule has 0 aliphatic heterocycles. The summed E-state index contributed by atoms with van der Waals surface area (Å²) in [6.45, 7) is 0. The highest BCUT2D eigenvalue weighted by atomic mass is 79.9. The van der Waals surface area contributed by atoms with Gasteiger partial charge in [-0.15, -0.1) is 0 Å². The van der Waals surface area contributed by atoms with Crippen molar-refractivity contribution >= 4 is 15.9 Å². The van der Waals surface area contributed by atoms with Gasteiger partial charge in [-0.25, -0.2) is 0 Å². The molecule has 15 heavy (non-hydrogen) atoms. The summed E-state index contributed by atoms with van der Waals surface area (Å²) in [5.74, 6) is 1.10. The predicted molar refractivity (Wildman–Crippen MR) is 60.1 cm³/mol. The van der Waals surface area contributed by atoms with Crippen LogP contribution < -0.4 is 4.74 Å². The molecule has 0 radical (unpaired) electrons. The van der Waals surface area contributed by atoms with E-state index in [4.69, 9.17) is 9.15 Å². The maximum absolute atomic E-state index is 9.88. The molecule has 0 saturated carbocycles. The van der Waals surface area contributed by atoms with Crippen LogP contribution in [0.2, 0.25) is 0 Å². The van der Waals surface area contributed by atoms with Crippen molar-refractivity contribution < 1.29 is 14.3 Å². The highest BCUT2D eigenvalue weighted by molar-refractivity contribution is 9.10. The number of para-hydroxylation sites is 1. The van der Waals surface area contributed by atoms with Crippen LogP contribution >= 0.6 is 15.9 Å². The molecule has 2 aromatic rings. The number of phenols is 1. The van der Waals surface area contributed by atoms with Crippen LogP contribution in [0, 0.1) is 0 Å². The molecule has 2 rings (SSSR count). The largest absolute Gasteiger partial charge is 0.504 e. The summed E-state index contributed by atoms with van der Waals surface area (Å²) in [5, 5.41) is 9.88. The van der Waals surface area contributed by atoms with Crippen molar-refractivity contribution in [3.63, 3.8) is 0 Å². The van der Waals surface area contributed by atoms with Gasteiger partial charge >= 0.3 is 0 Å². The lowest BCUT2D eigenvalue weighted by Gasteiger charge is -2.06. The molecule has 78 valence electrons. The predicted octanol–water partition coefficient (Wildman–Crippen LogP) is 3.42. The van der Waals surface area contributed by atoms with Crippen molar-refractivity contribution in [2.75, 3.05) is 7.11 Å². The highest BCUT2D eigenvalue weighted by Crippen LogP contribution is 2.40. The monoisotopic (exact) mass is 268 g/mol. The Morgan fingerprint density at radius 3 is 2.73 bits per heavy atom. The minimum absolute atomic E-state index is 0.0793. The highest BCUT2D eigenvalue weighted by Gasteiger charge is 2.14. The van der Waals surface area contributed by atoms with E-state index >= 15 is 0 Å². The zero-order valence-electron chi connectivity index (χ0n) is 8.03. The van der Waals surface area contributed by atoms with Crippen LogP contribution in [0.5, 0.6) is 11.5 Å². The van der Waals surface area contributed by atoms with E-state index in [9.17, 15) is 5.11 Å². The van der Waals surface area contributed by atoms with Crippen LogP contribution in [0.3, 0.4) is 0 Å². The fraction of sp³-hybridized carbons (Fsp3) is 0.0909. The van der Waals surface area contributed by atoms with Gasteiger partial charge in [0, 0.05) is 0 Å². The van der Waals surface area contributed by atoms with E-state index in [2.05, 4.69) is 15.9 Å². The van der Waals surface area contributed by atoms with E-state index in [0.717, 1.165) is 4.47 Å². The first kappa shape index (κ1) is 10.1. The van der Waals surface area contributed by atoms with Gasteiger partial charge in [0.15, 0.2) is 17.3 Å². The summed E-state index contributed by atoms with van der Waals surface area (Å²) in [7, 11) is 1.51. The molecule has 1 heterocycles. The van der Waals surface area contributed by atoms with Crippen molar-refractivity contribution in [2.24, 2.45) is 0 Å². The number of rotatable bonds is 2. The Labute approximate surface area is 95.4 Å². The number of aromatic hydroxyl groups is 1. The van der Waals surface area contributed by atoms with Gasteiger partial charge in [0.05, 0.1) is 23.4 Å². The van der Waals surface area contributed by atoms with Gasteiger partial charge in [0.25, 0.3) is 0 Å². The maximum Gasteiger partial charge on any atom is 0.168 e. The first-order valence-electron chi connectivity index (χ1n) is 4.33. The van der Waals surface area contributed by atoms with E-state index in [1.54, 1.807) is 30.5 Å². The van der Waals surface area contributed by atoms with Crippen LogP contribution in [0.4, 0.5) is 0 Å². The Hall–Kier alpha value is -1.42. The molecule has 0 bridgehead atoms. The molecule has 4 heteroatoms. The fourth-order valence-corrected chi connectivity index (χ4v) is 1.77. The van der Waals surface area contributed by atoms with E-state index in [1.807, 2.05) is 0 Å². The number of hydrogen-bond acceptors (Lipinski definition) is 3. The summed E-state index contributed by atoms with van der Waals surface area (Å²) in [6.07, 6.45) is 1.55. The number of benzene rings is 1. The van der Waals surface area contributed by atoms with Crippen LogP contribution in [-0.4, -0.2) is 12.2 Å². The number of methoxy groups -OCH3 is 1. The topological polar surface area (TPSA) is 42.6 Å². The lowest BCUT2D eigenvalue weighted by atomic mass is 10.1. The summed E-state index contributed by atoms with van der Waals surface area (Å²) in [5.41, 5.74) is 0.603. The molecular weight excluding hydrogens is 260 g/mol. The average Bonchev–Trinajstić information content (AvgIpc) is 2.65. The van der Waals surface area contributed by atoms with E-state index in [-0.39, 0.29) is 5.75 Å². The molecule has 0 atom stereocenters. The summed E-state index contributed by atoms with van der Waals surface area (Å²) in [6, 6.07) is 7.02. The fourth-order valence-electron chi connectivity index (χ4n) is 1.36. The Morgan fingerprint density at radius 1 is 1.33 bits per heavy atom. The first-order valence-corrected chi connectivity index (χ1v) is 5.12.